The number of carbonyl (C=O) groups is 1. The molecule has 92 valence electrons. The van der Waals surface area contributed by atoms with Gasteiger partial charge < -0.3 is 4.90 Å². The molecule has 1 rings (SSSR count). The Bertz CT molecular complexity index is 260. The lowest BCUT2D eigenvalue weighted by Gasteiger charge is -2.13. The number of nitrogens with zero attached hydrogens (tertiary/aromatic N) is 2. The van der Waals surface area contributed by atoms with Crippen LogP contribution in [-0.2, 0) is 11.3 Å². The highest BCUT2D eigenvalue weighted by molar-refractivity contribution is 5.72. The summed E-state index contributed by atoms with van der Waals surface area (Å²) in [6.45, 7) is 10.1. The lowest BCUT2D eigenvalue weighted by atomic mass is 10.3. The second-order valence-corrected chi connectivity index (χ2v) is 2.70. The van der Waals surface area contributed by atoms with Gasteiger partial charge in [-0.15, -0.1) is 0 Å². The molecular weight excluding hydrogens is 200 g/mol. The average molecular weight is 224 g/mol. The molecule has 0 aliphatic carbocycles. The van der Waals surface area contributed by atoms with E-state index >= 15 is 0 Å². The number of hydrogen-bond acceptors (Lipinski definition) is 2. The molecule has 16 heavy (non-hydrogen) atoms. The molecule has 0 aromatic carbocycles. The van der Waals surface area contributed by atoms with Gasteiger partial charge >= 0.3 is 0 Å². The fourth-order valence-corrected chi connectivity index (χ4v) is 0.846. The molecule has 0 bridgehead atoms. The van der Waals surface area contributed by atoms with Gasteiger partial charge in [-0.25, -0.2) is 0 Å². The first-order valence-electron chi connectivity index (χ1n) is 5.82. The minimum atomic E-state index is 0.0562. The quantitative estimate of drug-likeness (QED) is 0.773. The fraction of sp³-hybridized carbons (Fsp3) is 0.538. The first-order valence-corrected chi connectivity index (χ1v) is 5.82. The third-order valence-corrected chi connectivity index (χ3v) is 1.66. The summed E-state index contributed by atoms with van der Waals surface area (Å²) in [5.41, 5.74) is 0.912. The van der Waals surface area contributed by atoms with E-state index in [1.165, 1.54) is 0 Å². The first-order chi connectivity index (χ1) is 7.70. The molecule has 1 aromatic rings. The zero-order chi connectivity index (χ0) is 13.0. The van der Waals surface area contributed by atoms with Crippen molar-refractivity contribution in [2.75, 3.05) is 7.05 Å². The normalized spacial score (nSPS) is 7.88. The van der Waals surface area contributed by atoms with E-state index in [2.05, 4.69) is 4.98 Å². The highest BCUT2D eigenvalue weighted by Crippen LogP contribution is 1.97. The van der Waals surface area contributed by atoms with Gasteiger partial charge in [0.15, 0.2) is 0 Å². The van der Waals surface area contributed by atoms with Gasteiger partial charge in [-0.1, -0.05) is 33.8 Å². The molecule has 0 fully saturated rings. The molecule has 3 nitrogen and oxygen atoms in total. The number of hydrogen-bond donors (Lipinski definition) is 0. The van der Waals surface area contributed by atoms with Crippen molar-refractivity contribution in [2.24, 2.45) is 0 Å². The Morgan fingerprint density at radius 2 is 1.81 bits per heavy atom. The average Bonchev–Trinajstić information content (AvgIpc) is 2.35. The molecule has 1 amide bonds. The maximum absolute atomic E-state index is 10.8. The van der Waals surface area contributed by atoms with Crippen LogP contribution in [-0.4, -0.2) is 22.8 Å². The summed E-state index contributed by atoms with van der Waals surface area (Å²) in [5, 5.41) is 0. The highest BCUT2D eigenvalue weighted by atomic mass is 16.2. The van der Waals surface area contributed by atoms with Gasteiger partial charge in [0.25, 0.3) is 0 Å². The molecule has 0 N–H and O–H groups in total. The van der Waals surface area contributed by atoms with Crippen molar-refractivity contribution in [3.05, 3.63) is 30.1 Å². The molecule has 0 saturated heterocycles. The van der Waals surface area contributed by atoms with Crippen LogP contribution in [0.15, 0.2) is 24.4 Å². The Balaban J connectivity index is 0. The number of pyridine rings is 1. The van der Waals surface area contributed by atoms with Crippen LogP contribution >= 0.6 is 0 Å². The van der Waals surface area contributed by atoms with Crippen molar-refractivity contribution in [3.8, 4) is 0 Å². The second kappa shape index (κ2) is 11.7. The molecule has 3 heteroatoms. The van der Waals surface area contributed by atoms with Crippen LogP contribution in [0, 0.1) is 0 Å². The predicted molar refractivity (Wildman–Crippen MR) is 69.1 cm³/mol. The zero-order valence-corrected chi connectivity index (χ0v) is 11.3. The van der Waals surface area contributed by atoms with Crippen LogP contribution in [0.5, 0.6) is 0 Å². The van der Waals surface area contributed by atoms with E-state index in [1.54, 1.807) is 25.1 Å². The number of aromatic nitrogens is 1. The molecule has 1 heterocycles. The smallest absolute Gasteiger partial charge is 0.219 e. The van der Waals surface area contributed by atoms with E-state index in [0.717, 1.165) is 5.69 Å². The topological polar surface area (TPSA) is 33.2 Å². The Labute approximate surface area is 99.5 Å². The summed E-state index contributed by atoms with van der Waals surface area (Å²) in [6, 6.07) is 5.67. The maximum Gasteiger partial charge on any atom is 0.219 e. The molecular formula is C13H24N2O. The largest absolute Gasteiger partial charge is 0.340 e. The van der Waals surface area contributed by atoms with Crippen molar-refractivity contribution >= 4 is 5.91 Å². The van der Waals surface area contributed by atoms with Crippen LogP contribution in [0.2, 0.25) is 0 Å². The van der Waals surface area contributed by atoms with E-state index in [-0.39, 0.29) is 5.91 Å². The number of carbonyl (C=O) groups excluding carboxylic acids is 1. The van der Waals surface area contributed by atoms with Crippen LogP contribution in [0.1, 0.15) is 40.3 Å². The SMILES string of the molecule is CC.CC.CC(=O)N(C)Cc1ccccn1. The van der Waals surface area contributed by atoms with Crippen LogP contribution in [0.25, 0.3) is 0 Å². The van der Waals surface area contributed by atoms with E-state index < -0.39 is 0 Å². The van der Waals surface area contributed by atoms with Crippen LogP contribution < -0.4 is 0 Å². The van der Waals surface area contributed by atoms with Gasteiger partial charge in [-0.2, -0.15) is 0 Å². The summed E-state index contributed by atoms with van der Waals surface area (Å²) >= 11 is 0. The maximum atomic E-state index is 10.8. The Morgan fingerprint density at radius 1 is 1.25 bits per heavy atom. The van der Waals surface area contributed by atoms with Crippen molar-refractivity contribution in [1.82, 2.24) is 9.88 Å². The second-order valence-electron chi connectivity index (χ2n) is 2.70. The summed E-state index contributed by atoms with van der Waals surface area (Å²) in [4.78, 5) is 16.6. The van der Waals surface area contributed by atoms with Gasteiger partial charge in [-0.05, 0) is 12.1 Å². The molecule has 1 aromatic heterocycles. The summed E-state index contributed by atoms with van der Waals surface area (Å²) in [5.74, 6) is 0.0562. The van der Waals surface area contributed by atoms with Crippen molar-refractivity contribution < 1.29 is 4.79 Å². The third kappa shape index (κ3) is 7.97. The predicted octanol–water partition coefficient (Wildman–Crippen LogP) is 3.11. The third-order valence-electron chi connectivity index (χ3n) is 1.66. The molecule has 0 unspecified atom stereocenters. The summed E-state index contributed by atoms with van der Waals surface area (Å²) in [7, 11) is 1.76. The monoisotopic (exact) mass is 224 g/mol. The van der Waals surface area contributed by atoms with Gasteiger partial charge in [0.1, 0.15) is 0 Å². The van der Waals surface area contributed by atoms with E-state index in [1.807, 2.05) is 45.9 Å². The van der Waals surface area contributed by atoms with Crippen molar-refractivity contribution in [3.63, 3.8) is 0 Å². The first kappa shape index (κ1) is 17.0. The summed E-state index contributed by atoms with van der Waals surface area (Å²) in [6.07, 6.45) is 1.73. The molecule has 0 radical (unpaired) electrons. The molecule has 0 saturated carbocycles. The van der Waals surface area contributed by atoms with Crippen LogP contribution in [0.4, 0.5) is 0 Å². The van der Waals surface area contributed by atoms with E-state index in [0.29, 0.717) is 6.54 Å². The fourth-order valence-electron chi connectivity index (χ4n) is 0.846. The zero-order valence-electron chi connectivity index (χ0n) is 11.3. The number of rotatable bonds is 2. The summed E-state index contributed by atoms with van der Waals surface area (Å²) < 4.78 is 0. The highest BCUT2D eigenvalue weighted by Gasteiger charge is 2.02. The molecule has 0 spiro atoms. The lowest BCUT2D eigenvalue weighted by Crippen LogP contribution is -2.23. The van der Waals surface area contributed by atoms with Crippen LogP contribution in [0.3, 0.4) is 0 Å². The molecule has 0 aliphatic rings. The van der Waals surface area contributed by atoms with Gasteiger partial charge in [0, 0.05) is 20.2 Å². The van der Waals surface area contributed by atoms with Gasteiger partial charge in [-0.3, -0.25) is 9.78 Å². The van der Waals surface area contributed by atoms with Crippen molar-refractivity contribution in [1.29, 1.82) is 0 Å². The van der Waals surface area contributed by atoms with Gasteiger partial charge in [0.2, 0.25) is 5.91 Å². The Kier molecular flexibility index (Phi) is 12.4. The molecule has 0 aliphatic heterocycles. The van der Waals surface area contributed by atoms with Crippen molar-refractivity contribution in [2.45, 2.75) is 41.2 Å². The van der Waals surface area contributed by atoms with E-state index in [9.17, 15) is 4.79 Å². The molecule has 0 atom stereocenters. The minimum Gasteiger partial charge on any atom is -0.340 e. The minimum absolute atomic E-state index is 0.0562. The standard InChI is InChI=1S/C9H12N2O.2C2H6/c1-8(12)11(2)7-9-5-3-4-6-10-9;2*1-2/h3-6H,7H2,1-2H3;2*1-2H3. The van der Waals surface area contributed by atoms with Gasteiger partial charge in [0.05, 0.1) is 12.2 Å². The Morgan fingerprint density at radius 3 is 2.19 bits per heavy atom. The number of amides is 1. The van der Waals surface area contributed by atoms with E-state index in [4.69, 9.17) is 0 Å². The Hall–Kier alpha value is -1.38. The lowest BCUT2D eigenvalue weighted by molar-refractivity contribution is -0.128.